The Morgan fingerprint density at radius 1 is 1.19 bits per heavy atom. The van der Waals surface area contributed by atoms with E-state index in [1.54, 1.807) is 12.1 Å². The highest BCUT2D eigenvalue weighted by molar-refractivity contribution is 5.92. The van der Waals surface area contributed by atoms with Crippen molar-refractivity contribution in [3.05, 3.63) is 23.8 Å². The minimum Gasteiger partial charge on any atom is -0.459 e. The van der Waals surface area contributed by atoms with Gasteiger partial charge in [-0.1, -0.05) is 13.8 Å². The molecule has 1 aromatic rings. The predicted octanol–water partition coefficient (Wildman–Crippen LogP) is 3.32. The molecule has 116 valence electrons. The Bertz CT molecular complexity index is 504. The summed E-state index contributed by atoms with van der Waals surface area (Å²) in [6.45, 7) is 4.45. The molecule has 1 saturated carbocycles. The van der Waals surface area contributed by atoms with Gasteiger partial charge in [-0.2, -0.15) is 0 Å². The van der Waals surface area contributed by atoms with Gasteiger partial charge >= 0.3 is 5.97 Å². The highest BCUT2D eigenvalue weighted by atomic mass is 16.5. The molecular weight excluding hydrogens is 264 g/mol. The van der Waals surface area contributed by atoms with Crippen LogP contribution in [0.4, 0.5) is 11.4 Å². The number of nitrogens with two attached hydrogens (primary N) is 1. The van der Waals surface area contributed by atoms with E-state index in [1.807, 2.05) is 25.1 Å². The summed E-state index contributed by atoms with van der Waals surface area (Å²) in [6.07, 6.45) is 3.17. The summed E-state index contributed by atoms with van der Waals surface area (Å²) in [5.41, 5.74) is 8.03. The van der Waals surface area contributed by atoms with Crippen LogP contribution < -0.4 is 10.6 Å². The lowest BCUT2D eigenvalue weighted by Gasteiger charge is -2.31. The molecule has 0 aromatic heterocycles. The van der Waals surface area contributed by atoms with Gasteiger partial charge in [0.2, 0.25) is 0 Å². The summed E-state index contributed by atoms with van der Waals surface area (Å²) in [5.74, 6) is 0.971. The molecule has 0 heterocycles. The van der Waals surface area contributed by atoms with Gasteiger partial charge in [0.25, 0.3) is 0 Å². The maximum absolute atomic E-state index is 12.3. The van der Waals surface area contributed by atoms with Gasteiger partial charge in [-0.3, -0.25) is 0 Å². The molecule has 0 aliphatic heterocycles. The molecule has 2 atom stereocenters. The predicted molar refractivity (Wildman–Crippen MR) is 86.6 cm³/mol. The zero-order valence-electron chi connectivity index (χ0n) is 13.4. The fourth-order valence-corrected chi connectivity index (χ4v) is 3.28. The van der Waals surface area contributed by atoms with Crippen molar-refractivity contribution in [3.63, 3.8) is 0 Å². The lowest BCUT2D eigenvalue weighted by Crippen LogP contribution is -2.28. The molecule has 1 aliphatic carbocycles. The van der Waals surface area contributed by atoms with Crippen molar-refractivity contribution >= 4 is 17.3 Å². The Kier molecular flexibility index (Phi) is 4.76. The number of esters is 1. The third-order valence-electron chi connectivity index (χ3n) is 4.15. The van der Waals surface area contributed by atoms with Crippen LogP contribution in [-0.2, 0) is 4.74 Å². The summed E-state index contributed by atoms with van der Waals surface area (Å²) in [6, 6.07) is 5.34. The Morgan fingerprint density at radius 3 is 2.33 bits per heavy atom. The largest absolute Gasteiger partial charge is 0.459 e. The fraction of sp³-hybridized carbons (Fsp3) is 0.588. The second kappa shape index (κ2) is 6.37. The van der Waals surface area contributed by atoms with E-state index in [0.717, 1.165) is 18.5 Å². The average Bonchev–Trinajstić information content (AvgIpc) is 2.36. The van der Waals surface area contributed by atoms with Gasteiger partial charge in [-0.05, 0) is 49.3 Å². The van der Waals surface area contributed by atoms with Crippen LogP contribution in [-0.4, -0.2) is 26.2 Å². The van der Waals surface area contributed by atoms with Crippen LogP contribution in [0.3, 0.4) is 0 Å². The smallest absolute Gasteiger partial charge is 0.338 e. The number of carbonyl (C=O) groups excluding carboxylic acids is 1. The fourth-order valence-electron chi connectivity index (χ4n) is 3.28. The molecule has 2 unspecified atom stereocenters. The molecule has 0 saturated heterocycles. The second-order valence-electron chi connectivity index (χ2n) is 6.61. The topological polar surface area (TPSA) is 55.6 Å². The van der Waals surface area contributed by atoms with Crippen LogP contribution in [0.15, 0.2) is 18.2 Å². The molecule has 0 amide bonds. The van der Waals surface area contributed by atoms with Crippen molar-refractivity contribution in [2.75, 3.05) is 24.7 Å². The monoisotopic (exact) mass is 290 g/mol. The van der Waals surface area contributed by atoms with Crippen LogP contribution in [0.5, 0.6) is 0 Å². The van der Waals surface area contributed by atoms with E-state index in [2.05, 4.69) is 13.8 Å². The summed E-state index contributed by atoms with van der Waals surface area (Å²) < 4.78 is 5.67. The Labute approximate surface area is 127 Å². The lowest BCUT2D eigenvalue weighted by atomic mass is 9.82. The number of anilines is 2. The molecule has 4 heteroatoms. The van der Waals surface area contributed by atoms with Gasteiger partial charge in [0, 0.05) is 14.1 Å². The van der Waals surface area contributed by atoms with Crippen molar-refractivity contribution < 1.29 is 9.53 Å². The molecule has 1 fully saturated rings. The van der Waals surface area contributed by atoms with Gasteiger partial charge in [0.15, 0.2) is 0 Å². The number of ether oxygens (including phenoxy) is 1. The Hall–Kier alpha value is -1.71. The van der Waals surface area contributed by atoms with E-state index in [4.69, 9.17) is 10.5 Å². The van der Waals surface area contributed by atoms with Crippen molar-refractivity contribution in [1.29, 1.82) is 0 Å². The highest BCUT2D eigenvalue weighted by Gasteiger charge is 2.27. The lowest BCUT2D eigenvalue weighted by molar-refractivity contribution is 0.00806. The first-order valence-electron chi connectivity index (χ1n) is 7.64. The van der Waals surface area contributed by atoms with Gasteiger partial charge < -0.3 is 15.4 Å². The molecule has 1 aromatic carbocycles. The molecule has 4 nitrogen and oxygen atoms in total. The van der Waals surface area contributed by atoms with E-state index in [-0.39, 0.29) is 12.1 Å². The Balaban J connectivity index is 2.05. The first-order valence-corrected chi connectivity index (χ1v) is 7.64. The molecule has 0 spiro atoms. The minimum atomic E-state index is -0.265. The van der Waals surface area contributed by atoms with Crippen molar-refractivity contribution in [2.24, 2.45) is 11.8 Å². The summed E-state index contributed by atoms with van der Waals surface area (Å²) in [5, 5.41) is 0. The van der Waals surface area contributed by atoms with E-state index < -0.39 is 0 Å². The molecular formula is C17H26N2O2. The van der Waals surface area contributed by atoms with Gasteiger partial charge in [-0.25, -0.2) is 4.79 Å². The first-order chi connectivity index (χ1) is 9.86. The van der Waals surface area contributed by atoms with E-state index in [9.17, 15) is 4.79 Å². The standard InChI is InChI=1S/C17H26N2O2/c1-11-7-12(2)9-14(8-11)21-17(20)13-5-6-16(19(3)4)15(18)10-13/h5-6,10-12,14H,7-9,18H2,1-4H3. The zero-order chi connectivity index (χ0) is 15.6. The minimum absolute atomic E-state index is 0.0333. The normalized spacial score (nSPS) is 25.4. The number of carbonyl (C=O) groups is 1. The maximum Gasteiger partial charge on any atom is 0.338 e. The zero-order valence-corrected chi connectivity index (χ0v) is 13.4. The van der Waals surface area contributed by atoms with Crippen LogP contribution >= 0.6 is 0 Å². The maximum atomic E-state index is 12.3. The van der Waals surface area contributed by atoms with Crippen LogP contribution in [0.25, 0.3) is 0 Å². The van der Waals surface area contributed by atoms with Gasteiger partial charge in [0.05, 0.1) is 16.9 Å². The summed E-state index contributed by atoms with van der Waals surface area (Å²) >= 11 is 0. The average molecular weight is 290 g/mol. The number of rotatable bonds is 3. The molecule has 0 radical (unpaired) electrons. The van der Waals surface area contributed by atoms with E-state index in [0.29, 0.717) is 23.1 Å². The number of nitrogen functional groups attached to an aromatic ring is 1. The quantitative estimate of drug-likeness (QED) is 0.685. The third kappa shape index (κ3) is 3.90. The first kappa shape index (κ1) is 15.7. The van der Waals surface area contributed by atoms with Crippen molar-refractivity contribution in [2.45, 2.75) is 39.2 Å². The van der Waals surface area contributed by atoms with Gasteiger partial charge in [0.1, 0.15) is 6.10 Å². The SMILES string of the molecule is CC1CC(C)CC(OC(=O)c2ccc(N(C)C)c(N)c2)C1. The highest BCUT2D eigenvalue weighted by Crippen LogP contribution is 2.31. The van der Waals surface area contributed by atoms with E-state index in [1.165, 1.54) is 6.42 Å². The molecule has 1 aliphatic rings. The second-order valence-corrected chi connectivity index (χ2v) is 6.61. The number of hydrogen-bond donors (Lipinski definition) is 1. The van der Waals surface area contributed by atoms with Crippen LogP contribution in [0.2, 0.25) is 0 Å². The van der Waals surface area contributed by atoms with Crippen molar-refractivity contribution in [1.82, 2.24) is 0 Å². The van der Waals surface area contributed by atoms with Crippen LogP contribution in [0.1, 0.15) is 43.5 Å². The Morgan fingerprint density at radius 2 is 1.81 bits per heavy atom. The molecule has 21 heavy (non-hydrogen) atoms. The number of benzene rings is 1. The number of hydrogen-bond acceptors (Lipinski definition) is 4. The van der Waals surface area contributed by atoms with E-state index >= 15 is 0 Å². The third-order valence-corrected chi connectivity index (χ3v) is 4.15. The number of nitrogens with zero attached hydrogens (tertiary/aromatic N) is 1. The summed E-state index contributed by atoms with van der Waals surface area (Å²) in [4.78, 5) is 14.2. The van der Waals surface area contributed by atoms with Crippen LogP contribution in [0, 0.1) is 11.8 Å². The molecule has 2 rings (SSSR count). The molecule has 2 N–H and O–H groups in total. The summed E-state index contributed by atoms with van der Waals surface area (Å²) in [7, 11) is 3.85. The van der Waals surface area contributed by atoms with Gasteiger partial charge in [-0.15, -0.1) is 0 Å². The van der Waals surface area contributed by atoms with Crippen molar-refractivity contribution in [3.8, 4) is 0 Å². The molecule has 0 bridgehead atoms.